The number of benzene rings is 1. The van der Waals surface area contributed by atoms with Gasteiger partial charge in [0.2, 0.25) is 0 Å². The Morgan fingerprint density at radius 2 is 2.03 bits per heavy atom. The van der Waals surface area contributed by atoms with Gasteiger partial charge in [0, 0.05) is 24.5 Å². The number of halogens is 2. The summed E-state index contributed by atoms with van der Waals surface area (Å²) in [5.74, 6) is -1.58. The summed E-state index contributed by atoms with van der Waals surface area (Å²) in [4.78, 5) is 35.4. The number of allylic oxidation sites excluding steroid dienone is 2. The van der Waals surface area contributed by atoms with E-state index < -0.39 is 40.4 Å². The summed E-state index contributed by atoms with van der Waals surface area (Å²) in [6.07, 6.45) is 5.81. The van der Waals surface area contributed by atoms with Crippen molar-refractivity contribution in [1.29, 1.82) is 0 Å². The molecule has 3 atom stereocenters. The molecule has 1 heterocycles. The van der Waals surface area contributed by atoms with E-state index in [1.54, 1.807) is 43.4 Å². The number of aromatic hydroxyl groups is 1. The second kappa shape index (κ2) is 10.0. The number of amides is 2. The molecule has 186 valence electrons. The molecule has 12 heteroatoms. The summed E-state index contributed by atoms with van der Waals surface area (Å²) in [5, 5.41) is 23.8. The second-order valence-corrected chi connectivity index (χ2v) is 9.35. The van der Waals surface area contributed by atoms with Crippen molar-refractivity contribution in [1.82, 2.24) is 9.88 Å². The van der Waals surface area contributed by atoms with Gasteiger partial charge >= 0.3 is 12.0 Å². The molecule has 2 aromatic rings. The molecule has 0 fully saturated rings. The molecule has 10 nitrogen and oxygen atoms in total. The third kappa shape index (κ3) is 5.79. The number of nitrogens with two attached hydrogens (primary N) is 2. The molecule has 1 aromatic heterocycles. The van der Waals surface area contributed by atoms with Gasteiger partial charge in [-0.15, -0.1) is 11.6 Å². The lowest BCUT2D eigenvalue weighted by Crippen LogP contribution is -2.40. The van der Waals surface area contributed by atoms with Gasteiger partial charge in [-0.05, 0) is 41.8 Å². The van der Waals surface area contributed by atoms with Crippen molar-refractivity contribution in [2.75, 3.05) is 11.1 Å². The third-order valence-electron chi connectivity index (χ3n) is 5.52. The number of nitrogens with one attached hydrogen (secondary N) is 2. The minimum Gasteiger partial charge on any atom is -0.505 e. The normalized spacial score (nSPS) is 20.1. The SMILES string of the molecule is Cc1cn(C)c(=O)c(NC(=O)NC(CC(=O)O)c2cc(C3=CC(Cl)C(N)(Cl)C=C3)ccc2N)c1O. The highest BCUT2D eigenvalue weighted by Gasteiger charge is 2.30. The zero-order valence-electron chi connectivity index (χ0n) is 18.9. The topological polar surface area (TPSA) is 173 Å². The molecule has 0 aliphatic heterocycles. The Hall–Kier alpha value is -3.47. The Bertz CT molecular complexity index is 1300. The number of hydrogen-bond donors (Lipinski definition) is 6. The Kier molecular flexibility index (Phi) is 7.49. The molecular weight excluding hydrogens is 497 g/mol. The Morgan fingerprint density at radius 3 is 2.66 bits per heavy atom. The predicted molar refractivity (Wildman–Crippen MR) is 136 cm³/mol. The van der Waals surface area contributed by atoms with Gasteiger partial charge in [0.15, 0.2) is 5.69 Å². The highest BCUT2D eigenvalue weighted by molar-refractivity contribution is 6.34. The number of urea groups is 1. The van der Waals surface area contributed by atoms with E-state index in [1.807, 2.05) is 0 Å². The third-order valence-corrected chi connectivity index (χ3v) is 6.48. The van der Waals surface area contributed by atoms with Gasteiger partial charge in [-0.25, -0.2) is 4.79 Å². The number of pyridine rings is 1. The Morgan fingerprint density at radius 1 is 1.34 bits per heavy atom. The van der Waals surface area contributed by atoms with Gasteiger partial charge in [-0.2, -0.15) is 0 Å². The maximum atomic E-state index is 12.7. The van der Waals surface area contributed by atoms with Crippen molar-refractivity contribution in [3.63, 3.8) is 0 Å². The molecule has 1 aliphatic carbocycles. The van der Waals surface area contributed by atoms with E-state index in [0.717, 1.165) is 0 Å². The molecule has 35 heavy (non-hydrogen) atoms. The lowest BCUT2D eigenvalue weighted by Gasteiger charge is -2.26. The quantitative estimate of drug-likeness (QED) is 0.192. The standard InChI is InChI=1S/C23H25Cl2N5O5/c1-11-10-30(2)21(34)19(20(11)33)29-22(35)28-16(9-18(31)32)14-7-12(3-4-15(14)26)13-5-6-23(25,27)17(24)8-13/h3-8,10,16-17,33H,9,26-27H2,1-2H3,(H,31,32)(H2,28,29,35). The first-order chi connectivity index (χ1) is 16.3. The first-order valence-corrected chi connectivity index (χ1v) is 11.2. The number of carbonyl (C=O) groups excluding carboxylic acids is 1. The maximum Gasteiger partial charge on any atom is 0.319 e. The largest absolute Gasteiger partial charge is 0.505 e. The number of carboxylic acids is 1. The molecule has 3 rings (SSSR count). The van der Waals surface area contributed by atoms with E-state index in [4.69, 9.17) is 34.7 Å². The number of carboxylic acid groups (broad SMARTS) is 1. The highest BCUT2D eigenvalue weighted by atomic mass is 35.5. The van der Waals surface area contributed by atoms with Crippen molar-refractivity contribution in [3.05, 3.63) is 69.7 Å². The molecule has 2 amide bonds. The van der Waals surface area contributed by atoms with Crippen LogP contribution in [0, 0.1) is 6.92 Å². The second-order valence-electron chi connectivity index (χ2n) is 8.23. The monoisotopic (exact) mass is 521 g/mol. The fourth-order valence-corrected chi connectivity index (χ4v) is 3.95. The number of alkyl halides is 2. The van der Waals surface area contributed by atoms with Crippen LogP contribution in [-0.4, -0.2) is 37.2 Å². The van der Waals surface area contributed by atoms with E-state index >= 15 is 0 Å². The van der Waals surface area contributed by atoms with Gasteiger partial charge < -0.3 is 36.9 Å². The molecule has 0 spiro atoms. The lowest BCUT2D eigenvalue weighted by atomic mass is 9.92. The number of aryl methyl sites for hydroxylation is 2. The van der Waals surface area contributed by atoms with E-state index in [9.17, 15) is 24.6 Å². The number of rotatable bonds is 6. The average Bonchev–Trinajstić information content (AvgIpc) is 2.77. The minimum atomic E-state index is -1.24. The molecule has 1 aliphatic rings. The number of anilines is 2. The Labute approximate surface area is 210 Å². The molecule has 3 unspecified atom stereocenters. The molecule has 0 radical (unpaired) electrons. The van der Waals surface area contributed by atoms with Crippen molar-refractivity contribution >= 4 is 52.2 Å². The summed E-state index contributed by atoms with van der Waals surface area (Å²) in [6, 6.07) is 2.95. The number of carbonyl (C=O) groups is 2. The van der Waals surface area contributed by atoms with Crippen molar-refractivity contribution in [3.8, 4) is 5.75 Å². The number of nitrogen functional groups attached to an aromatic ring is 1. The average molecular weight is 522 g/mol. The van der Waals surface area contributed by atoms with Crippen LogP contribution in [0.4, 0.5) is 16.2 Å². The smallest absolute Gasteiger partial charge is 0.319 e. The number of aliphatic carboxylic acids is 1. The maximum absolute atomic E-state index is 12.7. The summed E-state index contributed by atoms with van der Waals surface area (Å²) < 4.78 is 1.20. The lowest BCUT2D eigenvalue weighted by molar-refractivity contribution is -0.137. The van der Waals surface area contributed by atoms with Gasteiger partial charge in [-0.1, -0.05) is 29.8 Å². The van der Waals surface area contributed by atoms with Crippen LogP contribution < -0.4 is 27.7 Å². The summed E-state index contributed by atoms with van der Waals surface area (Å²) in [6.45, 7) is 1.57. The zero-order chi connectivity index (χ0) is 26.1. The van der Waals surface area contributed by atoms with Gasteiger partial charge in [0.05, 0.1) is 17.8 Å². The first kappa shape index (κ1) is 26.1. The van der Waals surface area contributed by atoms with Crippen molar-refractivity contribution in [2.45, 2.75) is 29.8 Å². The number of hydrogen-bond acceptors (Lipinski definition) is 6. The number of nitrogens with zero attached hydrogens (tertiary/aromatic N) is 1. The van der Waals surface area contributed by atoms with E-state index in [2.05, 4.69) is 10.6 Å². The molecular formula is C23H25Cl2N5O5. The molecule has 0 bridgehead atoms. The molecule has 1 aromatic carbocycles. The van der Waals surface area contributed by atoms with Crippen molar-refractivity contribution in [2.24, 2.45) is 12.8 Å². The van der Waals surface area contributed by atoms with Gasteiger partial charge in [0.25, 0.3) is 5.56 Å². The van der Waals surface area contributed by atoms with Crippen LogP contribution in [0.15, 0.2) is 47.4 Å². The van der Waals surface area contributed by atoms with Crippen LogP contribution in [0.1, 0.15) is 29.2 Å². The molecule has 0 saturated heterocycles. The summed E-state index contributed by atoms with van der Waals surface area (Å²) in [5.41, 5.74) is 13.3. The molecule has 8 N–H and O–H groups in total. The van der Waals surface area contributed by atoms with E-state index in [1.165, 1.54) is 17.8 Å². The summed E-state index contributed by atoms with van der Waals surface area (Å²) in [7, 11) is 1.47. The molecule has 0 saturated carbocycles. The zero-order valence-corrected chi connectivity index (χ0v) is 20.4. The Balaban J connectivity index is 1.93. The highest BCUT2D eigenvalue weighted by Crippen LogP contribution is 2.34. The number of aromatic nitrogens is 1. The van der Waals surface area contributed by atoms with Crippen LogP contribution in [0.25, 0.3) is 5.57 Å². The van der Waals surface area contributed by atoms with Crippen LogP contribution >= 0.6 is 23.2 Å². The van der Waals surface area contributed by atoms with Crippen molar-refractivity contribution < 1.29 is 19.8 Å². The summed E-state index contributed by atoms with van der Waals surface area (Å²) >= 11 is 12.4. The van der Waals surface area contributed by atoms with Crippen LogP contribution in [0.3, 0.4) is 0 Å². The fraction of sp³-hybridized carbons (Fsp3) is 0.261. The van der Waals surface area contributed by atoms with Gasteiger partial charge in [-0.3, -0.25) is 9.59 Å². The van der Waals surface area contributed by atoms with E-state index in [0.29, 0.717) is 22.3 Å². The van der Waals surface area contributed by atoms with Gasteiger partial charge in [0.1, 0.15) is 10.7 Å². The fourth-order valence-electron chi connectivity index (χ4n) is 3.62. The van der Waals surface area contributed by atoms with Crippen LogP contribution in [0.5, 0.6) is 5.75 Å². The first-order valence-electron chi connectivity index (χ1n) is 10.4. The minimum absolute atomic E-state index is 0.239. The van der Waals surface area contributed by atoms with E-state index in [-0.39, 0.29) is 17.1 Å². The van der Waals surface area contributed by atoms with Crippen LogP contribution in [0.2, 0.25) is 0 Å². The van der Waals surface area contributed by atoms with Crippen LogP contribution in [-0.2, 0) is 11.8 Å². The predicted octanol–water partition coefficient (Wildman–Crippen LogP) is 2.77.